The molecule has 0 saturated carbocycles. The number of aromatic nitrogens is 3. The Labute approximate surface area is 406 Å². The van der Waals surface area contributed by atoms with E-state index in [1.54, 1.807) is 42.5 Å². The Morgan fingerprint density at radius 2 is 1.10 bits per heavy atom. The van der Waals surface area contributed by atoms with Crippen molar-refractivity contribution in [2.24, 2.45) is 20.5 Å². The molecule has 0 aliphatic heterocycles. The maximum absolute atomic E-state index is 11.7. The van der Waals surface area contributed by atoms with Crippen LogP contribution in [0.4, 0.5) is 28.7 Å². The van der Waals surface area contributed by atoms with E-state index < -0.39 is 52.1 Å². The first-order valence-electron chi connectivity index (χ1n) is 18.7. The Bertz CT molecular complexity index is 3030. The lowest BCUT2D eigenvalue weighted by Crippen LogP contribution is -2.12. The molecular formula is C37H36Cl4N8O14S4. The van der Waals surface area contributed by atoms with Crippen LogP contribution >= 0.6 is 46.4 Å². The zero-order valence-electron chi connectivity index (χ0n) is 34.6. The summed E-state index contributed by atoms with van der Waals surface area (Å²) in [6, 6.07) is 16.9. The van der Waals surface area contributed by atoms with Crippen molar-refractivity contribution in [2.75, 3.05) is 30.8 Å². The van der Waals surface area contributed by atoms with Crippen LogP contribution in [0.3, 0.4) is 0 Å². The van der Waals surface area contributed by atoms with Gasteiger partial charge < -0.3 is 14.8 Å². The average Bonchev–Trinajstić information content (AvgIpc) is 3.22. The van der Waals surface area contributed by atoms with Crippen molar-refractivity contribution >= 4 is 117 Å². The van der Waals surface area contributed by atoms with E-state index in [1.807, 2.05) is 13.8 Å². The average molecular weight is 1090 g/mol. The zero-order valence-corrected chi connectivity index (χ0v) is 40.9. The number of anilines is 1. The highest BCUT2D eigenvalue weighted by molar-refractivity contribution is 7.86. The van der Waals surface area contributed by atoms with Crippen molar-refractivity contribution in [3.05, 3.63) is 110 Å². The van der Waals surface area contributed by atoms with Gasteiger partial charge in [0.15, 0.2) is 0 Å². The minimum Gasteiger partial charge on any atom is -0.493 e. The molecule has 0 fully saturated rings. The quantitative estimate of drug-likeness (QED) is 0.0395. The number of hydrogen-bond acceptors (Lipinski definition) is 20. The number of halogens is 4. The van der Waals surface area contributed by atoms with Crippen molar-refractivity contribution in [3.63, 3.8) is 0 Å². The summed E-state index contributed by atoms with van der Waals surface area (Å²) in [4.78, 5) is 13.4. The molecule has 0 bridgehead atoms. The van der Waals surface area contributed by atoms with Crippen molar-refractivity contribution in [1.82, 2.24) is 15.0 Å². The van der Waals surface area contributed by atoms with Crippen LogP contribution in [0.25, 0.3) is 0 Å². The van der Waals surface area contributed by atoms with E-state index in [0.29, 0.717) is 69.0 Å². The number of nitrogens with zero attached hydrogens (tertiary/aromatic N) is 7. The third-order valence-corrected chi connectivity index (χ3v) is 10.8. The first-order valence-corrected chi connectivity index (χ1v) is 25.3. The molecule has 0 aliphatic carbocycles. The molecule has 5 rings (SSSR count). The highest BCUT2D eigenvalue weighted by Gasteiger charge is 2.19. The van der Waals surface area contributed by atoms with Gasteiger partial charge >= 0.3 is 21.2 Å². The predicted octanol–water partition coefficient (Wildman–Crippen LogP) is 8.61. The molecule has 1 aromatic heterocycles. The van der Waals surface area contributed by atoms with E-state index in [-0.39, 0.29) is 53.0 Å². The number of rotatable bonds is 19. The molecule has 0 radical (unpaired) electrons. The largest absolute Gasteiger partial charge is 0.493 e. The van der Waals surface area contributed by atoms with Crippen LogP contribution < -0.4 is 14.8 Å². The van der Waals surface area contributed by atoms with Gasteiger partial charge in [0.25, 0.3) is 20.2 Å². The lowest BCUT2D eigenvalue weighted by Gasteiger charge is -2.15. The highest BCUT2D eigenvalue weighted by Crippen LogP contribution is 2.38. The molecule has 1 heterocycles. The maximum atomic E-state index is 11.7. The monoisotopic (exact) mass is 1080 g/mol. The number of hydrogen-bond donors (Lipinski definition) is 3. The summed E-state index contributed by atoms with van der Waals surface area (Å²) in [6.45, 7) is 4.66. The standard InChI is InChI=1S/C37H36Cl4N8O8S2.2O3S/c1-3-12-56-32-20-30(48-46-25-8-6-24(38)7-9-25)28(40)15-22(32)17-35-43-36(45-37(44-35)42-4-2)18-23-16-29(41)31(21-33(23)57-13-5-14-58(50,51)52)49-47-26-10-11-27(39)34(19-26)59(53,54)55;2*1-4(2)3/h6-11,15-16,19-21H,3-5,12-14,17-18H2,1-2H3,(H,50,51,52)(H,53,54,55)(H,42,43,44,45);;. The summed E-state index contributed by atoms with van der Waals surface area (Å²) in [5.74, 6) is 1.16. The molecule has 22 nitrogen and oxygen atoms in total. The normalized spacial score (nSPS) is 11.3. The molecule has 0 saturated heterocycles. The van der Waals surface area contributed by atoms with Gasteiger partial charge in [0, 0.05) is 47.7 Å². The van der Waals surface area contributed by atoms with E-state index in [0.717, 1.165) is 12.5 Å². The van der Waals surface area contributed by atoms with E-state index >= 15 is 0 Å². The van der Waals surface area contributed by atoms with E-state index in [1.165, 1.54) is 18.2 Å². The van der Waals surface area contributed by atoms with Gasteiger partial charge in [-0.25, -0.2) is 4.98 Å². The third kappa shape index (κ3) is 20.6. The van der Waals surface area contributed by atoms with E-state index in [9.17, 15) is 25.9 Å². The summed E-state index contributed by atoms with van der Waals surface area (Å²) in [7, 11) is -15.1. The molecular weight excluding hydrogens is 1050 g/mol. The van der Waals surface area contributed by atoms with Crippen LogP contribution in [0.2, 0.25) is 20.1 Å². The molecule has 0 spiro atoms. The van der Waals surface area contributed by atoms with Gasteiger partial charge in [-0.2, -0.15) is 37.0 Å². The predicted molar refractivity (Wildman–Crippen MR) is 245 cm³/mol. The van der Waals surface area contributed by atoms with Crippen molar-refractivity contribution < 1.29 is 60.7 Å². The van der Waals surface area contributed by atoms with Gasteiger partial charge in [-0.05, 0) is 74.4 Å². The van der Waals surface area contributed by atoms with Gasteiger partial charge in [-0.1, -0.05) is 53.3 Å². The van der Waals surface area contributed by atoms with Gasteiger partial charge in [-0.15, -0.1) is 35.5 Å². The Morgan fingerprint density at radius 1 is 0.627 bits per heavy atom. The molecule has 30 heteroatoms. The van der Waals surface area contributed by atoms with Gasteiger partial charge in [0.05, 0.1) is 45.4 Å². The first-order chi connectivity index (χ1) is 31.5. The smallest absolute Gasteiger partial charge is 0.425 e. The van der Waals surface area contributed by atoms with E-state index in [4.69, 9.17) is 86.1 Å². The Balaban J connectivity index is 0.00000137. The third-order valence-electron chi connectivity index (χ3n) is 7.85. The Hall–Kier alpha value is -5.29. The molecule has 5 aromatic rings. The second kappa shape index (κ2) is 26.9. The van der Waals surface area contributed by atoms with E-state index in [2.05, 4.69) is 35.7 Å². The van der Waals surface area contributed by atoms with Crippen LogP contribution in [0.15, 0.2) is 92.1 Å². The lowest BCUT2D eigenvalue weighted by atomic mass is 10.1. The number of nitrogens with one attached hydrogen (secondary N) is 1. The van der Waals surface area contributed by atoms with Gasteiger partial charge in [0.1, 0.15) is 39.4 Å². The Kier molecular flexibility index (Phi) is 22.5. The van der Waals surface area contributed by atoms with Crippen LogP contribution in [-0.2, 0) is 54.3 Å². The molecule has 0 aliphatic rings. The molecule has 360 valence electrons. The summed E-state index contributed by atoms with van der Waals surface area (Å²) in [5, 5.41) is 20.7. The minimum absolute atomic E-state index is 0.0352. The minimum atomic E-state index is -4.65. The molecule has 67 heavy (non-hydrogen) atoms. The Morgan fingerprint density at radius 3 is 1.57 bits per heavy atom. The molecule has 4 aromatic carbocycles. The summed E-state index contributed by atoms with van der Waals surface area (Å²) in [5.41, 5.74) is 2.26. The molecule has 0 amide bonds. The van der Waals surface area contributed by atoms with Crippen molar-refractivity contribution in [3.8, 4) is 11.5 Å². The number of benzene rings is 4. The second-order valence-corrected chi connectivity index (χ2v) is 18.3. The van der Waals surface area contributed by atoms with Crippen LogP contribution in [0, 0.1) is 0 Å². The second-order valence-electron chi connectivity index (χ2n) is 12.9. The number of ether oxygens (including phenoxy) is 2. The number of azo groups is 2. The van der Waals surface area contributed by atoms with Gasteiger partial charge in [0.2, 0.25) is 5.95 Å². The lowest BCUT2D eigenvalue weighted by molar-refractivity contribution is 0.313. The highest BCUT2D eigenvalue weighted by atomic mass is 35.5. The van der Waals surface area contributed by atoms with Crippen LogP contribution in [0.5, 0.6) is 11.5 Å². The fourth-order valence-electron chi connectivity index (χ4n) is 5.19. The molecule has 0 atom stereocenters. The fourth-order valence-corrected chi connectivity index (χ4v) is 7.24. The molecule has 0 unspecified atom stereocenters. The summed E-state index contributed by atoms with van der Waals surface area (Å²) < 4.78 is 128. The van der Waals surface area contributed by atoms with Crippen LogP contribution in [0.1, 0.15) is 49.5 Å². The maximum Gasteiger partial charge on any atom is 0.425 e. The fraction of sp³-hybridized carbons (Fsp3) is 0.270. The van der Waals surface area contributed by atoms with Crippen molar-refractivity contribution in [1.29, 1.82) is 0 Å². The van der Waals surface area contributed by atoms with Gasteiger partial charge in [-0.3, -0.25) is 9.11 Å². The zero-order chi connectivity index (χ0) is 49.9. The first kappa shape index (κ1) is 56.0. The summed E-state index contributed by atoms with van der Waals surface area (Å²) in [6.07, 6.45) is 0.929. The molecule has 3 N–H and O–H groups in total. The topological polar surface area (TPSA) is 330 Å². The SMILES string of the molecule is CCCOc1cc(N=Nc2ccc(Cl)cc2)c(Cl)cc1Cc1nc(Cc2cc(Cl)c(N=Nc3ccc(Cl)c(S(=O)(=O)O)c3)cc2OCCCS(=O)(=O)O)nc(NCC)n1.O=S(=O)=O.O=S(=O)=O. The van der Waals surface area contributed by atoms with Crippen LogP contribution in [-0.4, -0.2) is 91.7 Å². The summed E-state index contributed by atoms with van der Waals surface area (Å²) >= 11 is 25.3. The van der Waals surface area contributed by atoms with Crippen molar-refractivity contribution in [2.45, 2.75) is 44.4 Å².